The highest BCUT2D eigenvalue weighted by atomic mass is 127. The summed E-state index contributed by atoms with van der Waals surface area (Å²) in [7, 11) is 1.78. The standard InChI is InChI=1S/C20H26N4O2.HI/c1-3-11-26-19-9-8-15(13-22-19)14-23-20(21-2)24-17-10-12-25-18-7-5-4-6-16(17)18;/h4-9,13,17H,3,10-12,14H2,1-2H3,(H2,21,23,24);1H. The molecule has 1 unspecified atom stereocenters. The van der Waals surface area contributed by atoms with E-state index in [9.17, 15) is 0 Å². The lowest BCUT2D eigenvalue weighted by molar-refractivity contribution is 0.261. The quantitative estimate of drug-likeness (QED) is 0.374. The number of hydrogen-bond donors (Lipinski definition) is 2. The summed E-state index contributed by atoms with van der Waals surface area (Å²) in [6, 6.07) is 12.2. The van der Waals surface area contributed by atoms with E-state index in [1.54, 1.807) is 7.05 Å². The molecule has 1 aliphatic heterocycles. The molecular formula is C20H27IN4O2. The molecule has 0 aliphatic carbocycles. The van der Waals surface area contributed by atoms with Crippen LogP contribution in [0.1, 0.15) is 36.9 Å². The number of nitrogens with one attached hydrogen (secondary N) is 2. The van der Waals surface area contributed by atoms with Crippen molar-refractivity contribution in [2.45, 2.75) is 32.4 Å². The predicted octanol–water partition coefficient (Wildman–Crippen LogP) is 3.68. The monoisotopic (exact) mass is 482 g/mol. The molecule has 0 radical (unpaired) electrons. The summed E-state index contributed by atoms with van der Waals surface area (Å²) < 4.78 is 11.2. The zero-order valence-corrected chi connectivity index (χ0v) is 18.1. The zero-order chi connectivity index (χ0) is 18.2. The predicted molar refractivity (Wildman–Crippen MR) is 118 cm³/mol. The first-order chi connectivity index (χ1) is 12.8. The summed E-state index contributed by atoms with van der Waals surface area (Å²) in [5.74, 6) is 2.37. The number of aromatic nitrogens is 1. The van der Waals surface area contributed by atoms with Crippen LogP contribution in [-0.4, -0.2) is 31.2 Å². The van der Waals surface area contributed by atoms with E-state index < -0.39 is 0 Å². The van der Waals surface area contributed by atoms with Crippen molar-refractivity contribution in [2.24, 2.45) is 4.99 Å². The van der Waals surface area contributed by atoms with Crippen LogP contribution >= 0.6 is 24.0 Å². The highest BCUT2D eigenvalue weighted by molar-refractivity contribution is 14.0. The van der Waals surface area contributed by atoms with Crippen LogP contribution < -0.4 is 20.1 Å². The molecule has 3 rings (SSSR count). The first-order valence-corrected chi connectivity index (χ1v) is 9.06. The molecule has 1 aromatic heterocycles. The van der Waals surface area contributed by atoms with Gasteiger partial charge in [-0.3, -0.25) is 4.99 Å². The van der Waals surface area contributed by atoms with Crippen LogP contribution in [0.2, 0.25) is 0 Å². The van der Waals surface area contributed by atoms with E-state index in [1.807, 2.05) is 36.5 Å². The van der Waals surface area contributed by atoms with Crippen molar-refractivity contribution in [3.63, 3.8) is 0 Å². The highest BCUT2D eigenvalue weighted by Crippen LogP contribution is 2.31. The van der Waals surface area contributed by atoms with Crippen molar-refractivity contribution in [2.75, 3.05) is 20.3 Å². The van der Waals surface area contributed by atoms with Gasteiger partial charge in [-0.05, 0) is 18.1 Å². The van der Waals surface area contributed by atoms with Crippen molar-refractivity contribution in [3.05, 3.63) is 53.7 Å². The number of para-hydroxylation sites is 1. The fourth-order valence-corrected chi connectivity index (χ4v) is 2.84. The lowest BCUT2D eigenvalue weighted by Crippen LogP contribution is -2.40. The number of benzene rings is 1. The summed E-state index contributed by atoms with van der Waals surface area (Å²) in [4.78, 5) is 8.66. The second-order valence-corrected chi connectivity index (χ2v) is 6.15. The smallest absolute Gasteiger partial charge is 0.213 e. The number of aliphatic imine (C=N–C) groups is 1. The Bertz CT molecular complexity index is 737. The first-order valence-electron chi connectivity index (χ1n) is 9.06. The van der Waals surface area contributed by atoms with Crippen LogP contribution in [0.15, 0.2) is 47.6 Å². The third-order valence-electron chi connectivity index (χ3n) is 4.20. The Morgan fingerprint density at radius 1 is 1.30 bits per heavy atom. The van der Waals surface area contributed by atoms with Crippen LogP contribution in [0.4, 0.5) is 0 Å². The zero-order valence-electron chi connectivity index (χ0n) is 15.8. The number of pyridine rings is 1. The number of halogens is 1. The van der Waals surface area contributed by atoms with Gasteiger partial charge in [-0.1, -0.05) is 31.2 Å². The number of hydrogen-bond acceptors (Lipinski definition) is 4. The molecule has 146 valence electrons. The largest absolute Gasteiger partial charge is 0.493 e. The maximum atomic E-state index is 5.72. The lowest BCUT2D eigenvalue weighted by Gasteiger charge is -2.28. The number of guanidine groups is 1. The Morgan fingerprint density at radius 2 is 2.15 bits per heavy atom. The van der Waals surface area contributed by atoms with E-state index in [0.29, 0.717) is 25.6 Å². The molecule has 1 aliphatic rings. The van der Waals surface area contributed by atoms with Crippen molar-refractivity contribution in [1.82, 2.24) is 15.6 Å². The van der Waals surface area contributed by atoms with Crippen molar-refractivity contribution < 1.29 is 9.47 Å². The molecule has 0 spiro atoms. The minimum absolute atomic E-state index is 0. The van der Waals surface area contributed by atoms with E-state index in [1.165, 1.54) is 5.56 Å². The second-order valence-electron chi connectivity index (χ2n) is 6.15. The van der Waals surface area contributed by atoms with Crippen LogP contribution in [0.5, 0.6) is 11.6 Å². The average molecular weight is 482 g/mol. The maximum absolute atomic E-state index is 5.72. The Hall–Kier alpha value is -2.03. The molecule has 0 saturated heterocycles. The first kappa shape index (κ1) is 21.3. The molecule has 6 nitrogen and oxygen atoms in total. The summed E-state index contributed by atoms with van der Waals surface area (Å²) >= 11 is 0. The molecule has 1 aromatic carbocycles. The average Bonchev–Trinajstić information content (AvgIpc) is 2.70. The van der Waals surface area contributed by atoms with Crippen LogP contribution in [0.25, 0.3) is 0 Å². The topological polar surface area (TPSA) is 67.8 Å². The normalized spacial score (nSPS) is 15.8. The van der Waals surface area contributed by atoms with Gasteiger partial charge >= 0.3 is 0 Å². The Morgan fingerprint density at radius 3 is 2.89 bits per heavy atom. The summed E-state index contributed by atoms with van der Waals surface area (Å²) in [5, 5.41) is 6.83. The molecule has 0 bridgehead atoms. The van der Waals surface area contributed by atoms with Crippen molar-refractivity contribution in [3.8, 4) is 11.6 Å². The minimum atomic E-state index is 0. The third kappa shape index (κ3) is 5.98. The molecule has 1 atom stereocenters. The number of ether oxygens (including phenoxy) is 2. The molecule has 2 N–H and O–H groups in total. The van der Waals surface area contributed by atoms with Crippen molar-refractivity contribution >= 4 is 29.9 Å². The summed E-state index contributed by atoms with van der Waals surface area (Å²) in [5.41, 5.74) is 2.24. The number of nitrogens with zero attached hydrogens (tertiary/aromatic N) is 2. The number of rotatable bonds is 6. The molecule has 7 heteroatoms. The molecule has 0 amide bonds. The Balaban J connectivity index is 0.00000261. The molecule has 27 heavy (non-hydrogen) atoms. The van der Waals surface area contributed by atoms with Gasteiger partial charge in [-0.2, -0.15) is 0 Å². The van der Waals surface area contributed by atoms with Crippen molar-refractivity contribution in [1.29, 1.82) is 0 Å². The maximum Gasteiger partial charge on any atom is 0.213 e. The highest BCUT2D eigenvalue weighted by Gasteiger charge is 2.21. The SMILES string of the molecule is CCCOc1ccc(CNC(=NC)NC2CCOc3ccccc32)cn1.I. The second kappa shape index (κ2) is 11.0. The lowest BCUT2D eigenvalue weighted by atomic mass is 10.0. The minimum Gasteiger partial charge on any atom is -0.493 e. The number of fused-ring (bicyclic) bond motifs is 1. The molecule has 2 aromatic rings. The molecule has 2 heterocycles. The van der Waals surface area contributed by atoms with E-state index in [0.717, 1.165) is 30.1 Å². The fraction of sp³-hybridized carbons (Fsp3) is 0.400. The summed E-state index contributed by atoms with van der Waals surface area (Å²) in [6.07, 6.45) is 3.71. The van der Waals surface area contributed by atoms with Gasteiger partial charge in [-0.25, -0.2) is 4.98 Å². The van der Waals surface area contributed by atoms with E-state index in [-0.39, 0.29) is 30.0 Å². The third-order valence-corrected chi connectivity index (χ3v) is 4.20. The van der Waals surface area contributed by atoms with Gasteiger partial charge in [0.2, 0.25) is 5.88 Å². The van der Waals surface area contributed by atoms with E-state index in [4.69, 9.17) is 9.47 Å². The Kier molecular flexibility index (Phi) is 8.63. The summed E-state index contributed by atoms with van der Waals surface area (Å²) in [6.45, 7) is 4.11. The fourth-order valence-electron chi connectivity index (χ4n) is 2.84. The van der Waals surface area contributed by atoms with Gasteiger partial charge in [0.25, 0.3) is 0 Å². The van der Waals surface area contributed by atoms with Gasteiger partial charge in [0.15, 0.2) is 5.96 Å². The van der Waals surface area contributed by atoms with E-state index >= 15 is 0 Å². The van der Waals surface area contributed by atoms with Gasteiger partial charge in [-0.15, -0.1) is 24.0 Å². The molecular weight excluding hydrogens is 455 g/mol. The van der Waals surface area contributed by atoms with Gasteiger partial charge in [0.1, 0.15) is 5.75 Å². The van der Waals surface area contributed by atoms with Crippen LogP contribution in [-0.2, 0) is 6.54 Å². The molecule has 0 fully saturated rings. The van der Waals surface area contributed by atoms with Crippen LogP contribution in [0.3, 0.4) is 0 Å². The Labute approximate surface area is 177 Å². The van der Waals surface area contributed by atoms with Gasteiger partial charge < -0.3 is 20.1 Å². The van der Waals surface area contributed by atoms with Crippen LogP contribution in [0, 0.1) is 0 Å². The van der Waals surface area contributed by atoms with Gasteiger partial charge in [0.05, 0.1) is 19.3 Å². The van der Waals surface area contributed by atoms with E-state index in [2.05, 4.69) is 33.6 Å². The molecule has 0 saturated carbocycles. The van der Waals surface area contributed by atoms with Gasteiger partial charge in [0, 0.05) is 37.8 Å².